The van der Waals surface area contributed by atoms with Gasteiger partial charge in [-0.25, -0.2) is 4.68 Å². The number of amides is 1. The first-order chi connectivity index (χ1) is 13.0. The van der Waals surface area contributed by atoms with Crippen LogP contribution in [-0.2, 0) is 16.1 Å². The standard InChI is InChI=1S/C17H22BrN5O3S/c1-11(16(24)20-9-14-6-3-7-25-14)27-17-22-21-15(23(17)19)10-26-13-5-2-4-12(18)8-13/h2,4-5,8,11,14H,3,6-7,9-10,19H2,1H3,(H,20,24)/t11-,14-/m0/s1. The van der Waals surface area contributed by atoms with Crippen LogP contribution in [0.5, 0.6) is 5.75 Å². The van der Waals surface area contributed by atoms with Crippen molar-refractivity contribution in [3.8, 4) is 5.75 Å². The Bertz CT molecular complexity index is 782. The molecule has 0 unspecified atom stereocenters. The Kier molecular flexibility index (Phi) is 6.97. The molecule has 1 aromatic carbocycles. The van der Waals surface area contributed by atoms with E-state index in [0.29, 0.717) is 23.3 Å². The molecular weight excluding hydrogens is 434 g/mol. The van der Waals surface area contributed by atoms with Crippen molar-refractivity contribution in [2.24, 2.45) is 0 Å². The van der Waals surface area contributed by atoms with Gasteiger partial charge in [0.05, 0.1) is 11.4 Å². The highest BCUT2D eigenvalue weighted by molar-refractivity contribution is 9.10. The molecule has 2 heterocycles. The topological polar surface area (TPSA) is 104 Å². The van der Waals surface area contributed by atoms with E-state index in [4.69, 9.17) is 15.3 Å². The van der Waals surface area contributed by atoms with Crippen LogP contribution >= 0.6 is 27.7 Å². The summed E-state index contributed by atoms with van der Waals surface area (Å²) in [6, 6.07) is 7.49. The summed E-state index contributed by atoms with van der Waals surface area (Å²) in [5.41, 5.74) is 0. The molecule has 1 aliphatic rings. The molecule has 0 radical (unpaired) electrons. The Morgan fingerprint density at radius 1 is 1.56 bits per heavy atom. The largest absolute Gasteiger partial charge is 0.485 e. The van der Waals surface area contributed by atoms with E-state index in [2.05, 4.69) is 31.4 Å². The number of nitrogen functional groups attached to an aromatic ring is 1. The number of thioether (sulfide) groups is 1. The molecule has 10 heteroatoms. The van der Waals surface area contributed by atoms with E-state index < -0.39 is 0 Å². The number of benzene rings is 1. The van der Waals surface area contributed by atoms with Crippen LogP contribution in [0.25, 0.3) is 0 Å². The molecule has 1 aliphatic heterocycles. The van der Waals surface area contributed by atoms with Crippen molar-refractivity contribution in [3.63, 3.8) is 0 Å². The second-order valence-electron chi connectivity index (χ2n) is 6.16. The average molecular weight is 456 g/mol. The Labute approximate surface area is 170 Å². The van der Waals surface area contributed by atoms with Gasteiger partial charge in [-0.15, -0.1) is 10.2 Å². The van der Waals surface area contributed by atoms with Crippen molar-refractivity contribution >= 4 is 33.6 Å². The summed E-state index contributed by atoms with van der Waals surface area (Å²) < 4.78 is 13.5. The van der Waals surface area contributed by atoms with Gasteiger partial charge in [0.2, 0.25) is 11.1 Å². The van der Waals surface area contributed by atoms with Crippen molar-refractivity contribution in [2.75, 3.05) is 19.0 Å². The van der Waals surface area contributed by atoms with Crippen LogP contribution < -0.4 is 15.9 Å². The van der Waals surface area contributed by atoms with Crippen LogP contribution in [-0.4, -0.2) is 45.3 Å². The molecule has 1 amide bonds. The van der Waals surface area contributed by atoms with Crippen molar-refractivity contribution in [2.45, 2.75) is 42.9 Å². The van der Waals surface area contributed by atoms with Crippen molar-refractivity contribution in [1.29, 1.82) is 0 Å². The minimum Gasteiger partial charge on any atom is -0.485 e. The molecule has 3 rings (SSSR count). The second-order valence-corrected chi connectivity index (χ2v) is 8.38. The number of nitrogens with zero attached hydrogens (tertiary/aromatic N) is 3. The van der Waals surface area contributed by atoms with Gasteiger partial charge in [-0.1, -0.05) is 33.8 Å². The second kappa shape index (κ2) is 9.43. The van der Waals surface area contributed by atoms with Crippen molar-refractivity contribution < 1.29 is 14.3 Å². The smallest absolute Gasteiger partial charge is 0.233 e. The molecule has 1 fully saturated rings. The lowest BCUT2D eigenvalue weighted by atomic mass is 10.2. The zero-order chi connectivity index (χ0) is 19.2. The van der Waals surface area contributed by atoms with Crippen LogP contribution in [0.2, 0.25) is 0 Å². The number of rotatable bonds is 8. The molecule has 0 aliphatic carbocycles. The van der Waals surface area contributed by atoms with Crippen LogP contribution in [0.4, 0.5) is 0 Å². The van der Waals surface area contributed by atoms with Gasteiger partial charge in [0.1, 0.15) is 12.4 Å². The first kappa shape index (κ1) is 20.0. The summed E-state index contributed by atoms with van der Waals surface area (Å²) in [4.78, 5) is 12.2. The third-order valence-electron chi connectivity index (χ3n) is 4.08. The summed E-state index contributed by atoms with van der Waals surface area (Å²) in [5.74, 6) is 7.14. The fraction of sp³-hybridized carbons (Fsp3) is 0.471. The molecule has 8 nitrogen and oxygen atoms in total. The van der Waals surface area contributed by atoms with E-state index in [1.165, 1.54) is 16.4 Å². The first-order valence-electron chi connectivity index (χ1n) is 8.66. The highest BCUT2D eigenvalue weighted by atomic mass is 79.9. The lowest BCUT2D eigenvalue weighted by Crippen LogP contribution is -2.36. The minimum absolute atomic E-state index is 0.0783. The van der Waals surface area contributed by atoms with Crippen LogP contribution in [0.1, 0.15) is 25.6 Å². The summed E-state index contributed by atoms with van der Waals surface area (Å²) in [5, 5.41) is 11.1. The molecule has 1 saturated heterocycles. The Balaban J connectivity index is 1.50. The maximum atomic E-state index is 12.2. The lowest BCUT2D eigenvalue weighted by Gasteiger charge is -2.14. The maximum absolute atomic E-state index is 12.2. The number of carbonyl (C=O) groups excluding carboxylic acids is 1. The van der Waals surface area contributed by atoms with Crippen LogP contribution in [0, 0.1) is 0 Å². The fourth-order valence-electron chi connectivity index (χ4n) is 2.57. The predicted octanol–water partition coefficient (Wildman–Crippen LogP) is 2.11. The zero-order valence-corrected chi connectivity index (χ0v) is 17.3. The summed E-state index contributed by atoms with van der Waals surface area (Å²) in [6.45, 7) is 3.29. The molecular formula is C17H22BrN5O3S. The van der Waals surface area contributed by atoms with Crippen molar-refractivity contribution in [3.05, 3.63) is 34.6 Å². The lowest BCUT2D eigenvalue weighted by molar-refractivity contribution is -0.120. The third kappa shape index (κ3) is 5.60. The van der Waals surface area contributed by atoms with Gasteiger partial charge in [-0.3, -0.25) is 4.79 Å². The minimum atomic E-state index is -0.350. The van der Waals surface area contributed by atoms with Gasteiger partial charge in [0.25, 0.3) is 0 Å². The molecule has 1 aromatic heterocycles. The van der Waals surface area contributed by atoms with E-state index in [9.17, 15) is 4.79 Å². The van der Waals surface area contributed by atoms with E-state index >= 15 is 0 Å². The maximum Gasteiger partial charge on any atom is 0.233 e. The Morgan fingerprint density at radius 3 is 3.15 bits per heavy atom. The van der Waals surface area contributed by atoms with E-state index in [1.807, 2.05) is 31.2 Å². The van der Waals surface area contributed by atoms with E-state index in [-0.39, 0.29) is 23.9 Å². The third-order valence-corrected chi connectivity index (χ3v) is 5.63. The molecule has 0 spiro atoms. The summed E-state index contributed by atoms with van der Waals surface area (Å²) in [6.07, 6.45) is 2.15. The quantitative estimate of drug-likeness (QED) is 0.463. The number of halogens is 1. The highest BCUT2D eigenvalue weighted by Crippen LogP contribution is 2.22. The van der Waals surface area contributed by atoms with E-state index in [0.717, 1.165) is 23.9 Å². The summed E-state index contributed by atoms with van der Waals surface area (Å²) in [7, 11) is 0. The first-order valence-corrected chi connectivity index (χ1v) is 10.3. The monoisotopic (exact) mass is 455 g/mol. The fourth-order valence-corrected chi connectivity index (χ4v) is 3.76. The average Bonchev–Trinajstić information content (AvgIpc) is 3.29. The van der Waals surface area contributed by atoms with Gasteiger partial charge in [-0.2, -0.15) is 0 Å². The molecule has 0 bridgehead atoms. The number of carbonyl (C=O) groups is 1. The molecule has 2 atom stereocenters. The molecule has 0 saturated carbocycles. The Morgan fingerprint density at radius 2 is 2.41 bits per heavy atom. The van der Waals surface area contributed by atoms with Gasteiger partial charge in [0, 0.05) is 17.6 Å². The van der Waals surface area contributed by atoms with Gasteiger partial charge in [0.15, 0.2) is 5.82 Å². The number of ether oxygens (including phenoxy) is 2. The molecule has 146 valence electrons. The predicted molar refractivity (Wildman–Crippen MR) is 106 cm³/mol. The Hall–Kier alpha value is -1.78. The molecule has 3 N–H and O–H groups in total. The summed E-state index contributed by atoms with van der Waals surface area (Å²) >= 11 is 4.65. The number of nitrogens with one attached hydrogen (secondary N) is 1. The number of aromatic nitrogens is 3. The number of nitrogens with two attached hydrogens (primary N) is 1. The number of hydrogen-bond donors (Lipinski definition) is 2. The normalized spacial score (nSPS) is 17.6. The molecule has 27 heavy (non-hydrogen) atoms. The van der Waals surface area contributed by atoms with Crippen LogP contribution in [0.3, 0.4) is 0 Å². The van der Waals surface area contributed by atoms with E-state index in [1.54, 1.807) is 0 Å². The van der Waals surface area contributed by atoms with Crippen molar-refractivity contribution in [1.82, 2.24) is 20.2 Å². The zero-order valence-electron chi connectivity index (χ0n) is 14.9. The molecule has 2 aromatic rings. The van der Waals surface area contributed by atoms with Gasteiger partial charge >= 0.3 is 0 Å². The number of hydrogen-bond acceptors (Lipinski definition) is 7. The van der Waals surface area contributed by atoms with Gasteiger partial charge < -0.3 is 20.6 Å². The van der Waals surface area contributed by atoms with Gasteiger partial charge in [-0.05, 0) is 38.0 Å². The SMILES string of the molecule is C[C@H](Sc1nnc(COc2cccc(Br)c2)n1N)C(=O)NC[C@@H]1CCCO1. The van der Waals surface area contributed by atoms with Crippen LogP contribution in [0.15, 0.2) is 33.9 Å². The highest BCUT2D eigenvalue weighted by Gasteiger charge is 2.22.